The molecule has 0 atom stereocenters. The molecule has 0 bridgehead atoms. The van der Waals surface area contributed by atoms with Crippen LogP contribution in [0, 0.1) is 6.92 Å². The average molecular weight is 327 g/mol. The Bertz CT molecular complexity index is 900. The standard InChI is InChI=1S/C14H8Cl2O5/c1-4-9-7(2-5(17)11(4)15)21-8-3-6(18)12(16)14(20)10(8)13(9)19/h2-3,17-18,20H,1H3. The van der Waals surface area contributed by atoms with Crippen LogP contribution in [-0.2, 0) is 0 Å². The first-order valence-corrected chi connectivity index (χ1v) is 6.57. The fourth-order valence-corrected chi connectivity index (χ4v) is 2.56. The number of hydrogen-bond donors (Lipinski definition) is 3. The zero-order valence-electron chi connectivity index (χ0n) is 10.6. The van der Waals surface area contributed by atoms with E-state index in [-0.39, 0.29) is 37.7 Å². The van der Waals surface area contributed by atoms with Crippen molar-refractivity contribution in [2.45, 2.75) is 6.92 Å². The molecule has 0 saturated carbocycles. The Morgan fingerprint density at radius 2 is 1.48 bits per heavy atom. The molecule has 7 heteroatoms. The van der Waals surface area contributed by atoms with Crippen LogP contribution in [0.1, 0.15) is 5.56 Å². The number of phenols is 3. The Labute approximate surface area is 127 Å². The molecule has 0 radical (unpaired) electrons. The minimum absolute atomic E-state index is 0.0264. The van der Waals surface area contributed by atoms with Gasteiger partial charge in [-0.05, 0) is 12.5 Å². The second-order valence-electron chi connectivity index (χ2n) is 4.57. The number of hydrogen-bond acceptors (Lipinski definition) is 5. The lowest BCUT2D eigenvalue weighted by Gasteiger charge is -2.09. The van der Waals surface area contributed by atoms with E-state index < -0.39 is 16.9 Å². The summed E-state index contributed by atoms with van der Waals surface area (Å²) in [6, 6.07) is 2.33. The predicted octanol–water partition coefficient (Wildman–Crippen LogP) is 3.68. The maximum Gasteiger partial charge on any atom is 0.204 e. The van der Waals surface area contributed by atoms with Gasteiger partial charge in [-0.15, -0.1) is 0 Å². The van der Waals surface area contributed by atoms with Gasteiger partial charge in [0.05, 0.1) is 10.4 Å². The smallest absolute Gasteiger partial charge is 0.204 e. The van der Waals surface area contributed by atoms with Gasteiger partial charge in [0, 0.05) is 12.1 Å². The second kappa shape index (κ2) is 4.44. The first-order valence-electron chi connectivity index (χ1n) is 5.82. The van der Waals surface area contributed by atoms with Crippen molar-refractivity contribution in [3.8, 4) is 17.2 Å². The van der Waals surface area contributed by atoms with Crippen molar-refractivity contribution >= 4 is 45.1 Å². The summed E-state index contributed by atoms with van der Waals surface area (Å²) in [5.74, 6) is -1.21. The van der Waals surface area contributed by atoms with Crippen molar-refractivity contribution in [1.82, 2.24) is 0 Å². The Hall–Kier alpha value is -2.11. The van der Waals surface area contributed by atoms with E-state index in [0.717, 1.165) is 6.07 Å². The summed E-state index contributed by atoms with van der Waals surface area (Å²) >= 11 is 11.6. The zero-order valence-corrected chi connectivity index (χ0v) is 12.1. The number of benzene rings is 2. The molecule has 3 rings (SSSR count). The maximum absolute atomic E-state index is 12.6. The van der Waals surface area contributed by atoms with E-state index >= 15 is 0 Å². The fourth-order valence-electron chi connectivity index (χ4n) is 2.26. The maximum atomic E-state index is 12.6. The summed E-state index contributed by atoms with van der Waals surface area (Å²) in [7, 11) is 0. The van der Waals surface area contributed by atoms with Crippen LogP contribution in [0.4, 0.5) is 0 Å². The van der Waals surface area contributed by atoms with Crippen molar-refractivity contribution in [2.24, 2.45) is 0 Å². The van der Waals surface area contributed by atoms with Gasteiger partial charge in [0.25, 0.3) is 0 Å². The molecule has 2 aromatic carbocycles. The largest absolute Gasteiger partial charge is 0.506 e. The van der Waals surface area contributed by atoms with E-state index in [1.54, 1.807) is 6.92 Å². The van der Waals surface area contributed by atoms with E-state index in [1.807, 2.05) is 0 Å². The Morgan fingerprint density at radius 1 is 0.952 bits per heavy atom. The number of aryl methyl sites for hydroxylation is 1. The molecule has 1 heterocycles. The van der Waals surface area contributed by atoms with Crippen LogP contribution in [-0.4, -0.2) is 15.3 Å². The molecule has 108 valence electrons. The van der Waals surface area contributed by atoms with Gasteiger partial charge in [-0.3, -0.25) is 4.79 Å². The third-order valence-electron chi connectivity index (χ3n) is 3.30. The van der Waals surface area contributed by atoms with E-state index in [4.69, 9.17) is 27.6 Å². The molecule has 0 fully saturated rings. The highest BCUT2D eigenvalue weighted by Crippen LogP contribution is 2.40. The molecular weight excluding hydrogens is 319 g/mol. The van der Waals surface area contributed by atoms with Crippen LogP contribution in [0.5, 0.6) is 17.2 Å². The Balaban J connectivity index is 2.67. The summed E-state index contributed by atoms with van der Waals surface area (Å²) < 4.78 is 5.46. The van der Waals surface area contributed by atoms with Gasteiger partial charge in [-0.2, -0.15) is 0 Å². The third kappa shape index (κ3) is 1.81. The lowest BCUT2D eigenvalue weighted by Crippen LogP contribution is -2.05. The Morgan fingerprint density at radius 3 is 2.10 bits per heavy atom. The van der Waals surface area contributed by atoms with Crippen molar-refractivity contribution < 1.29 is 19.7 Å². The van der Waals surface area contributed by atoms with Crippen LogP contribution in [0.3, 0.4) is 0 Å². The van der Waals surface area contributed by atoms with Crippen LogP contribution in [0.15, 0.2) is 21.3 Å². The van der Waals surface area contributed by atoms with E-state index in [0.29, 0.717) is 5.56 Å². The van der Waals surface area contributed by atoms with E-state index in [9.17, 15) is 20.1 Å². The number of fused-ring (bicyclic) bond motifs is 2. The fraction of sp³-hybridized carbons (Fsp3) is 0.0714. The summed E-state index contributed by atoms with van der Waals surface area (Å²) in [5.41, 5.74) is -0.183. The Kier molecular flexibility index (Phi) is 2.93. The number of aromatic hydroxyl groups is 3. The SMILES string of the molecule is Cc1c(Cl)c(O)cc2oc3cc(O)c(Cl)c(O)c3c(=O)c12. The molecule has 0 aliphatic rings. The molecule has 3 aromatic rings. The van der Waals surface area contributed by atoms with Crippen molar-refractivity contribution in [3.63, 3.8) is 0 Å². The summed E-state index contributed by atoms with van der Waals surface area (Å²) in [6.07, 6.45) is 0. The van der Waals surface area contributed by atoms with Gasteiger partial charge in [-0.1, -0.05) is 23.2 Å². The first-order chi connectivity index (χ1) is 9.82. The zero-order chi connectivity index (χ0) is 15.5. The number of phenolic OH excluding ortho intramolecular Hbond substituents is 3. The highest BCUT2D eigenvalue weighted by molar-refractivity contribution is 6.35. The highest BCUT2D eigenvalue weighted by Gasteiger charge is 2.20. The molecule has 0 saturated heterocycles. The summed E-state index contributed by atoms with van der Waals surface area (Å²) in [4.78, 5) is 12.6. The molecule has 1 aromatic heterocycles. The van der Waals surface area contributed by atoms with Crippen LogP contribution in [0.2, 0.25) is 10.0 Å². The molecule has 21 heavy (non-hydrogen) atoms. The minimum atomic E-state index is -0.564. The molecule has 0 unspecified atom stereocenters. The molecule has 0 spiro atoms. The van der Waals surface area contributed by atoms with Gasteiger partial charge >= 0.3 is 0 Å². The highest BCUT2D eigenvalue weighted by atomic mass is 35.5. The lowest BCUT2D eigenvalue weighted by molar-refractivity contribution is 0.453. The molecule has 0 aliphatic heterocycles. The minimum Gasteiger partial charge on any atom is -0.506 e. The molecule has 0 aliphatic carbocycles. The molecule has 0 amide bonds. The van der Waals surface area contributed by atoms with Gasteiger partial charge in [0.15, 0.2) is 5.75 Å². The monoisotopic (exact) mass is 326 g/mol. The normalized spacial score (nSPS) is 11.4. The van der Waals surface area contributed by atoms with Gasteiger partial charge in [-0.25, -0.2) is 0 Å². The topological polar surface area (TPSA) is 90.9 Å². The van der Waals surface area contributed by atoms with Gasteiger partial charge in [0.2, 0.25) is 5.43 Å². The second-order valence-corrected chi connectivity index (χ2v) is 5.33. The van der Waals surface area contributed by atoms with Crippen molar-refractivity contribution in [2.75, 3.05) is 0 Å². The van der Waals surface area contributed by atoms with Crippen LogP contribution < -0.4 is 5.43 Å². The van der Waals surface area contributed by atoms with Gasteiger partial charge < -0.3 is 19.7 Å². The van der Waals surface area contributed by atoms with Crippen molar-refractivity contribution in [1.29, 1.82) is 0 Å². The van der Waals surface area contributed by atoms with Crippen molar-refractivity contribution in [3.05, 3.63) is 38.0 Å². The predicted molar refractivity (Wildman–Crippen MR) is 79.7 cm³/mol. The number of halogens is 2. The third-order valence-corrected chi connectivity index (χ3v) is 4.15. The van der Waals surface area contributed by atoms with E-state index in [2.05, 4.69) is 0 Å². The van der Waals surface area contributed by atoms with Crippen LogP contribution in [0.25, 0.3) is 21.9 Å². The molecular formula is C14H8Cl2O5. The quantitative estimate of drug-likeness (QED) is 0.548. The summed E-state index contributed by atoms with van der Waals surface area (Å²) in [6.45, 7) is 1.55. The molecule has 5 nitrogen and oxygen atoms in total. The van der Waals surface area contributed by atoms with Gasteiger partial charge in [0.1, 0.15) is 33.1 Å². The molecule has 3 N–H and O–H groups in total. The first kappa shape index (κ1) is 13.9. The lowest BCUT2D eigenvalue weighted by atomic mass is 10.1. The average Bonchev–Trinajstić information content (AvgIpc) is 2.42. The van der Waals surface area contributed by atoms with E-state index in [1.165, 1.54) is 6.07 Å². The number of rotatable bonds is 0. The summed E-state index contributed by atoms with van der Waals surface area (Å²) in [5, 5.41) is 28.9. The van der Waals surface area contributed by atoms with Crippen LogP contribution >= 0.6 is 23.2 Å².